The minimum absolute atomic E-state index is 0.368. The molecular weight excluding hydrogens is 224 g/mol. The number of rotatable bonds is 6. The zero-order chi connectivity index (χ0) is 13.0. The highest BCUT2D eigenvalue weighted by atomic mass is 16.5. The molecule has 100 valence electrons. The van der Waals surface area contributed by atoms with Crippen LogP contribution in [0.15, 0.2) is 24.3 Å². The molecule has 0 saturated carbocycles. The van der Waals surface area contributed by atoms with Crippen LogP contribution in [-0.2, 0) is 17.6 Å². The van der Waals surface area contributed by atoms with Crippen LogP contribution in [-0.4, -0.2) is 19.8 Å². The minimum Gasteiger partial charge on any atom is -0.385 e. The molecule has 0 bridgehead atoms. The van der Waals surface area contributed by atoms with Gasteiger partial charge in [0.1, 0.15) is 0 Å². The van der Waals surface area contributed by atoms with E-state index in [0.29, 0.717) is 17.9 Å². The average Bonchev–Trinajstić information content (AvgIpc) is 2.80. The van der Waals surface area contributed by atoms with Gasteiger partial charge in [-0.1, -0.05) is 31.2 Å². The Morgan fingerprint density at radius 3 is 2.44 bits per heavy atom. The molecule has 1 aromatic carbocycles. The monoisotopic (exact) mass is 248 g/mol. The molecule has 1 aromatic rings. The van der Waals surface area contributed by atoms with Gasteiger partial charge in [-0.2, -0.15) is 0 Å². The molecule has 0 amide bonds. The van der Waals surface area contributed by atoms with E-state index in [0.717, 1.165) is 25.9 Å². The Morgan fingerprint density at radius 2 is 1.94 bits per heavy atom. The van der Waals surface area contributed by atoms with Gasteiger partial charge in [-0.15, -0.1) is 0 Å². The topological polar surface area (TPSA) is 47.3 Å². The maximum Gasteiger partial charge on any atom is 0.0465 e. The Hall–Kier alpha value is -0.900. The van der Waals surface area contributed by atoms with Crippen LogP contribution in [0.5, 0.6) is 0 Å². The van der Waals surface area contributed by atoms with Crippen LogP contribution in [0.25, 0.3) is 0 Å². The standard InChI is InChI=1S/C15H24N2O/c1-11(7-8-18-2)15(17-16)14-9-12-5-3-4-6-13(12)10-14/h3-6,11,14-15,17H,7-10,16H2,1-2H3. The van der Waals surface area contributed by atoms with E-state index in [4.69, 9.17) is 10.6 Å². The summed E-state index contributed by atoms with van der Waals surface area (Å²) in [6.45, 7) is 3.06. The molecule has 2 unspecified atom stereocenters. The third-order valence-corrected chi connectivity index (χ3v) is 4.17. The number of benzene rings is 1. The van der Waals surface area contributed by atoms with Crippen LogP contribution >= 0.6 is 0 Å². The number of hydrogen-bond donors (Lipinski definition) is 2. The second-order valence-electron chi connectivity index (χ2n) is 5.39. The van der Waals surface area contributed by atoms with Crippen molar-refractivity contribution < 1.29 is 4.74 Å². The van der Waals surface area contributed by atoms with Crippen molar-refractivity contribution >= 4 is 0 Å². The van der Waals surface area contributed by atoms with Crippen molar-refractivity contribution in [3.05, 3.63) is 35.4 Å². The molecule has 3 nitrogen and oxygen atoms in total. The van der Waals surface area contributed by atoms with Gasteiger partial charge >= 0.3 is 0 Å². The highest BCUT2D eigenvalue weighted by Gasteiger charge is 2.30. The highest BCUT2D eigenvalue weighted by molar-refractivity contribution is 5.32. The lowest BCUT2D eigenvalue weighted by molar-refractivity contribution is 0.159. The molecule has 2 rings (SSSR count). The molecule has 0 fully saturated rings. The maximum atomic E-state index is 5.77. The van der Waals surface area contributed by atoms with E-state index in [9.17, 15) is 0 Å². The largest absolute Gasteiger partial charge is 0.385 e. The lowest BCUT2D eigenvalue weighted by Crippen LogP contribution is -2.46. The molecule has 2 atom stereocenters. The quantitative estimate of drug-likeness (QED) is 0.597. The van der Waals surface area contributed by atoms with Crippen LogP contribution in [0.4, 0.5) is 0 Å². The van der Waals surface area contributed by atoms with Crippen LogP contribution < -0.4 is 11.3 Å². The van der Waals surface area contributed by atoms with E-state index in [2.05, 4.69) is 36.6 Å². The van der Waals surface area contributed by atoms with E-state index in [1.54, 1.807) is 7.11 Å². The Morgan fingerprint density at radius 1 is 1.33 bits per heavy atom. The van der Waals surface area contributed by atoms with Gasteiger partial charge in [-0.05, 0) is 42.2 Å². The van der Waals surface area contributed by atoms with E-state index in [-0.39, 0.29) is 0 Å². The zero-order valence-electron chi connectivity index (χ0n) is 11.4. The molecule has 18 heavy (non-hydrogen) atoms. The summed E-state index contributed by atoms with van der Waals surface area (Å²) in [6, 6.07) is 9.10. The van der Waals surface area contributed by atoms with Crippen molar-refractivity contribution in [3.63, 3.8) is 0 Å². The summed E-state index contributed by atoms with van der Waals surface area (Å²) in [5, 5.41) is 0. The minimum atomic E-state index is 0.368. The number of nitrogens with two attached hydrogens (primary N) is 1. The molecule has 0 aromatic heterocycles. The van der Waals surface area contributed by atoms with Gasteiger partial charge in [0, 0.05) is 19.8 Å². The first-order chi connectivity index (χ1) is 8.76. The second-order valence-corrected chi connectivity index (χ2v) is 5.39. The number of methoxy groups -OCH3 is 1. The van der Waals surface area contributed by atoms with Crippen molar-refractivity contribution in [3.8, 4) is 0 Å². The SMILES string of the molecule is COCCC(C)C(NN)C1Cc2ccccc2C1. The highest BCUT2D eigenvalue weighted by Crippen LogP contribution is 2.31. The first kappa shape index (κ1) is 13.5. The summed E-state index contributed by atoms with van der Waals surface area (Å²) >= 11 is 0. The first-order valence-electron chi connectivity index (χ1n) is 6.78. The van der Waals surface area contributed by atoms with E-state index in [1.807, 2.05) is 0 Å². The summed E-state index contributed by atoms with van der Waals surface area (Å²) in [6.07, 6.45) is 3.34. The fraction of sp³-hybridized carbons (Fsp3) is 0.600. The molecule has 0 spiro atoms. The summed E-state index contributed by atoms with van der Waals surface area (Å²) in [5.74, 6) is 6.92. The predicted octanol–water partition coefficient (Wildman–Crippen LogP) is 1.91. The van der Waals surface area contributed by atoms with E-state index < -0.39 is 0 Å². The molecule has 0 radical (unpaired) electrons. The van der Waals surface area contributed by atoms with Crippen LogP contribution in [0.3, 0.4) is 0 Å². The van der Waals surface area contributed by atoms with Crippen molar-refractivity contribution in [2.75, 3.05) is 13.7 Å². The molecule has 1 aliphatic carbocycles. The Bertz CT molecular complexity index is 356. The average molecular weight is 248 g/mol. The summed E-state index contributed by atoms with van der Waals surface area (Å²) in [5.41, 5.74) is 6.01. The third kappa shape index (κ3) is 2.91. The predicted molar refractivity (Wildman–Crippen MR) is 74.1 cm³/mol. The molecular formula is C15H24N2O. The van der Waals surface area contributed by atoms with Crippen LogP contribution in [0.2, 0.25) is 0 Å². The molecule has 0 heterocycles. The maximum absolute atomic E-state index is 5.77. The lowest BCUT2D eigenvalue weighted by atomic mass is 9.86. The second kappa shape index (κ2) is 6.32. The molecule has 0 aliphatic heterocycles. The van der Waals surface area contributed by atoms with Crippen molar-refractivity contribution in [1.82, 2.24) is 5.43 Å². The van der Waals surface area contributed by atoms with E-state index in [1.165, 1.54) is 11.1 Å². The third-order valence-electron chi connectivity index (χ3n) is 4.17. The summed E-state index contributed by atoms with van der Waals surface area (Å²) in [4.78, 5) is 0. The molecule has 3 heteroatoms. The van der Waals surface area contributed by atoms with Gasteiger partial charge in [0.25, 0.3) is 0 Å². The lowest BCUT2D eigenvalue weighted by Gasteiger charge is -2.28. The van der Waals surface area contributed by atoms with Gasteiger partial charge in [-0.25, -0.2) is 0 Å². The van der Waals surface area contributed by atoms with Gasteiger partial charge in [0.15, 0.2) is 0 Å². The smallest absolute Gasteiger partial charge is 0.0465 e. The van der Waals surface area contributed by atoms with Crippen LogP contribution in [0.1, 0.15) is 24.5 Å². The van der Waals surface area contributed by atoms with Gasteiger partial charge in [0.05, 0.1) is 0 Å². The van der Waals surface area contributed by atoms with Crippen LogP contribution in [0, 0.1) is 11.8 Å². The van der Waals surface area contributed by atoms with Crippen molar-refractivity contribution in [2.24, 2.45) is 17.7 Å². The molecule has 0 saturated heterocycles. The zero-order valence-corrected chi connectivity index (χ0v) is 11.4. The number of nitrogens with one attached hydrogen (secondary N) is 1. The summed E-state index contributed by atoms with van der Waals surface area (Å²) in [7, 11) is 1.75. The number of hydrazine groups is 1. The summed E-state index contributed by atoms with van der Waals surface area (Å²) < 4.78 is 5.16. The number of hydrogen-bond acceptors (Lipinski definition) is 3. The number of ether oxygens (including phenoxy) is 1. The fourth-order valence-electron chi connectivity index (χ4n) is 3.10. The Balaban J connectivity index is 1.99. The normalized spacial score (nSPS) is 18.6. The van der Waals surface area contributed by atoms with Gasteiger partial charge < -0.3 is 4.74 Å². The Labute approximate surface area is 110 Å². The van der Waals surface area contributed by atoms with Crippen molar-refractivity contribution in [1.29, 1.82) is 0 Å². The fourth-order valence-corrected chi connectivity index (χ4v) is 3.10. The van der Waals surface area contributed by atoms with Gasteiger partial charge in [-0.3, -0.25) is 11.3 Å². The van der Waals surface area contributed by atoms with E-state index >= 15 is 0 Å². The Kier molecular flexibility index (Phi) is 4.75. The molecule has 1 aliphatic rings. The first-order valence-corrected chi connectivity index (χ1v) is 6.78. The van der Waals surface area contributed by atoms with Crippen molar-refractivity contribution in [2.45, 2.75) is 32.2 Å². The number of fused-ring (bicyclic) bond motifs is 1. The molecule has 3 N–H and O–H groups in total. The van der Waals surface area contributed by atoms with Gasteiger partial charge in [0.2, 0.25) is 0 Å².